The Morgan fingerprint density at radius 1 is 1.50 bits per heavy atom. The van der Waals surface area contributed by atoms with E-state index in [1.165, 1.54) is 4.90 Å². The van der Waals surface area contributed by atoms with Gasteiger partial charge in [0.25, 0.3) is 0 Å². The van der Waals surface area contributed by atoms with Crippen LogP contribution in [0.2, 0.25) is 0 Å². The van der Waals surface area contributed by atoms with Crippen LogP contribution in [0.4, 0.5) is 13.2 Å². The number of nitrogens with zero attached hydrogens (tertiary/aromatic N) is 1. The fourth-order valence-corrected chi connectivity index (χ4v) is 2.22. The van der Waals surface area contributed by atoms with Crippen molar-refractivity contribution in [3.63, 3.8) is 0 Å². The third-order valence-electron chi connectivity index (χ3n) is 3.23. The van der Waals surface area contributed by atoms with E-state index in [1.54, 1.807) is 0 Å². The van der Waals surface area contributed by atoms with Gasteiger partial charge < -0.3 is 4.90 Å². The van der Waals surface area contributed by atoms with Crippen LogP contribution in [-0.2, 0) is 4.79 Å². The average molecular weight is 236 g/mol. The first-order valence-corrected chi connectivity index (χ1v) is 5.50. The van der Waals surface area contributed by atoms with E-state index >= 15 is 0 Å². The number of amides is 1. The van der Waals surface area contributed by atoms with E-state index in [2.05, 4.69) is 5.32 Å². The van der Waals surface area contributed by atoms with E-state index in [4.69, 9.17) is 0 Å². The maximum absolute atomic E-state index is 12.0. The predicted octanol–water partition coefficient (Wildman–Crippen LogP) is 1.64. The molecule has 1 aliphatic heterocycles. The lowest BCUT2D eigenvalue weighted by molar-refractivity contribution is -0.140. The second-order valence-corrected chi connectivity index (χ2v) is 4.62. The van der Waals surface area contributed by atoms with E-state index in [9.17, 15) is 18.0 Å². The van der Waals surface area contributed by atoms with Gasteiger partial charge >= 0.3 is 6.18 Å². The molecule has 92 valence electrons. The lowest BCUT2D eigenvalue weighted by Gasteiger charge is -2.20. The minimum Gasteiger partial charge on any atom is -0.326 e. The molecule has 1 saturated carbocycles. The first-order chi connectivity index (χ1) is 7.34. The molecule has 1 N–H and O–H groups in total. The molecule has 1 atom stereocenters. The summed E-state index contributed by atoms with van der Waals surface area (Å²) in [6.07, 6.45) is -3.48. The van der Waals surface area contributed by atoms with Gasteiger partial charge in [0.2, 0.25) is 5.91 Å². The summed E-state index contributed by atoms with van der Waals surface area (Å²) in [5.74, 6) is -0.0258. The van der Waals surface area contributed by atoms with Gasteiger partial charge in [-0.25, -0.2) is 0 Å². The van der Waals surface area contributed by atoms with Gasteiger partial charge in [0.1, 0.15) is 0 Å². The molecule has 1 amide bonds. The normalized spacial score (nSPS) is 27.9. The molecule has 16 heavy (non-hydrogen) atoms. The van der Waals surface area contributed by atoms with Crippen molar-refractivity contribution in [2.45, 2.75) is 50.5 Å². The highest BCUT2D eigenvalue weighted by molar-refractivity contribution is 5.91. The van der Waals surface area contributed by atoms with Gasteiger partial charge in [-0.05, 0) is 26.2 Å². The van der Waals surface area contributed by atoms with Gasteiger partial charge in [-0.3, -0.25) is 10.1 Å². The van der Waals surface area contributed by atoms with Gasteiger partial charge in [0.15, 0.2) is 0 Å². The van der Waals surface area contributed by atoms with Crippen molar-refractivity contribution >= 4 is 5.91 Å². The molecule has 1 saturated heterocycles. The van der Waals surface area contributed by atoms with Crippen molar-refractivity contribution in [1.82, 2.24) is 10.2 Å². The average Bonchev–Trinajstić information content (AvgIpc) is 2.86. The van der Waals surface area contributed by atoms with E-state index in [0.717, 1.165) is 12.8 Å². The lowest BCUT2D eigenvalue weighted by atomic mass is 10.2. The number of halogens is 3. The zero-order valence-corrected chi connectivity index (χ0v) is 9.10. The Balaban J connectivity index is 1.84. The minimum absolute atomic E-state index is 0.0165. The molecule has 0 aromatic carbocycles. The zero-order valence-electron chi connectivity index (χ0n) is 9.10. The molecule has 1 heterocycles. The molecule has 0 bridgehead atoms. The third kappa shape index (κ3) is 2.16. The topological polar surface area (TPSA) is 32.3 Å². The number of nitrogens with one attached hydrogen (secondary N) is 1. The van der Waals surface area contributed by atoms with Gasteiger partial charge in [-0.1, -0.05) is 0 Å². The van der Waals surface area contributed by atoms with Crippen LogP contribution in [0.15, 0.2) is 0 Å². The fourth-order valence-electron chi connectivity index (χ4n) is 2.22. The lowest BCUT2D eigenvalue weighted by Crippen LogP contribution is -2.35. The first kappa shape index (κ1) is 11.7. The number of carbonyl (C=O) groups is 1. The van der Waals surface area contributed by atoms with Crippen molar-refractivity contribution in [1.29, 1.82) is 0 Å². The summed E-state index contributed by atoms with van der Waals surface area (Å²) >= 11 is 0. The molecule has 0 aromatic heterocycles. The van der Waals surface area contributed by atoms with Crippen LogP contribution >= 0.6 is 0 Å². The summed E-state index contributed by atoms with van der Waals surface area (Å²) in [5, 5.41) is 3.15. The SMILES string of the molecule is CC1NC2(CC2)C(=O)N1CCCC(F)(F)F. The van der Waals surface area contributed by atoms with Crippen LogP contribution in [-0.4, -0.2) is 35.2 Å². The van der Waals surface area contributed by atoms with Crippen molar-refractivity contribution < 1.29 is 18.0 Å². The number of rotatable bonds is 3. The Bertz CT molecular complexity index is 299. The minimum atomic E-state index is -4.13. The van der Waals surface area contributed by atoms with Gasteiger partial charge in [0.05, 0.1) is 11.7 Å². The quantitative estimate of drug-likeness (QED) is 0.808. The molecule has 1 spiro atoms. The molecule has 1 aliphatic carbocycles. The maximum atomic E-state index is 12.0. The maximum Gasteiger partial charge on any atom is 0.389 e. The fraction of sp³-hybridized carbons (Fsp3) is 0.900. The largest absolute Gasteiger partial charge is 0.389 e. The zero-order chi connectivity index (χ0) is 12.0. The number of carbonyl (C=O) groups excluding carboxylic acids is 1. The van der Waals surface area contributed by atoms with Gasteiger partial charge in [-0.15, -0.1) is 0 Å². The molecule has 2 aliphatic rings. The third-order valence-corrected chi connectivity index (χ3v) is 3.23. The number of hydrogen-bond acceptors (Lipinski definition) is 2. The summed E-state index contributed by atoms with van der Waals surface area (Å²) in [5.41, 5.74) is -0.419. The van der Waals surface area contributed by atoms with Crippen LogP contribution < -0.4 is 5.32 Å². The highest BCUT2D eigenvalue weighted by Gasteiger charge is 2.57. The Kier molecular flexibility index (Phi) is 2.64. The first-order valence-electron chi connectivity index (χ1n) is 5.50. The Morgan fingerprint density at radius 2 is 2.12 bits per heavy atom. The second kappa shape index (κ2) is 3.61. The molecule has 2 rings (SSSR count). The number of hydrogen-bond donors (Lipinski definition) is 1. The predicted molar refractivity (Wildman–Crippen MR) is 51.6 cm³/mol. The smallest absolute Gasteiger partial charge is 0.326 e. The summed E-state index contributed by atoms with van der Waals surface area (Å²) in [6, 6.07) is 0. The van der Waals surface area contributed by atoms with E-state index in [1.807, 2.05) is 6.92 Å². The monoisotopic (exact) mass is 236 g/mol. The standard InChI is InChI=1S/C10H15F3N2O/c1-7-14-9(4-5-9)8(16)15(7)6-2-3-10(11,12)13/h7,14H,2-6H2,1H3. The van der Waals surface area contributed by atoms with Crippen LogP contribution in [0.25, 0.3) is 0 Å². The molecular weight excluding hydrogens is 221 g/mol. The van der Waals surface area contributed by atoms with Crippen molar-refractivity contribution in [3.8, 4) is 0 Å². The molecular formula is C10H15F3N2O. The van der Waals surface area contributed by atoms with E-state index in [0.29, 0.717) is 0 Å². The highest BCUT2D eigenvalue weighted by atomic mass is 19.4. The Hall–Kier alpha value is -0.780. The van der Waals surface area contributed by atoms with E-state index < -0.39 is 18.1 Å². The van der Waals surface area contributed by atoms with Crippen molar-refractivity contribution in [3.05, 3.63) is 0 Å². The van der Waals surface area contributed by atoms with Crippen molar-refractivity contribution in [2.24, 2.45) is 0 Å². The summed E-state index contributed by atoms with van der Waals surface area (Å²) in [6.45, 7) is 2.01. The molecule has 1 unspecified atom stereocenters. The molecule has 6 heteroatoms. The molecule has 3 nitrogen and oxygen atoms in total. The van der Waals surface area contributed by atoms with Crippen molar-refractivity contribution in [2.75, 3.05) is 6.54 Å². The van der Waals surface area contributed by atoms with E-state index in [-0.39, 0.29) is 25.0 Å². The van der Waals surface area contributed by atoms with Crippen LogP contribution in [0, 0.1) is 0 Å². The summed E-state index contributed by atoms with van der Waals surface area (Å²) in [7, 11) is 0. The number of alkyl halides is 3. The molecule has 2 fully saturated rings. The van der Waals surface area contributed by atoms with Gasteiger partial charge in [0, 0.05) is 13.0 Å². The van der Waals surface area contributed by atoms with Crippen LogP contribution in [0.5, 0.6) is 0 Å². The second-order valence-electron chi connectivity index (χ2n) is 4.62. The molecule has 0 aromatic rings. The van der Waals surface area contributed by atoms with Gasteiger partial charge in [-0.2, -0.15) is 13.2 Å². The Morgan fingerprint density at radius 3 is 2.56 bits per heavy atom. The Labute approximate surface area is 92.0 Å². The highest BCUT2D eigenvalue weighted by Crippen LogP contribution is 2.42. The molecule has 0 radical (unpaired) electrons. The van der Waals surface area contributed by atoms with Crippen LogP contribution in [0.3, 0.4) is 0 Å². The summed E-state index contributed by atoms with van der Waals surface area (Å²) in [4.78, 5) is 13.4. The van der Waals surface area contributed by atoms with Crippen LogP contribution in [0.1, 0.15) is 32.6 Å². The summed E-state index contributed by atoms with van der Waals surface area (Å²) < 4.78 is 35.9.